The molecule has 0 unspecified atom stereocenters. The van der Waals surface area contributed by atoms with Crippen molar-refractivity contribution in [1.82, 2.24) is 10.2 Å². The van der Waals surface area contributed by atoms with Gasteiger partial charge in [0.15, 0.2) is 0 Å². The Labute approximate surface area is 141 Å². The van der Waals surface area contributed by atoms with Gasteiger partial charge in [0.2, 0.25) is 0 Å². The van der Waals surface area contributed by atoms with Crippen molar-refractivity contribution < 1.29 is 4.74 Å². The van der Waals surface area contributed by atoms with Gasteiger partial charge in [-0.25, -0.2) is 0 Å². The minimum atomic E-state index is 0. The molecule has 1 atom stereocenters. The van der Waals surface area contributed by atoms with E-state index in [-0.39, 0.29) is 30.9 Å². The molecule has 1 saturated heterocycles. The first kappa shape index (κ1) is 19.7. The number of hydrogen-bond acceptors (Lipinski definition) is 3. The van der Waals surface area contributed by atoms with Gasteiger partial charge in [0.1, 0.15) is 5.75 Å². The fraction of sp³-hybridized carbons (Fsp3) is 0.429. The first-order chi connectivity index (χ1) is 8.76. The van der Waals surface area contributed by atoms with Gasteiger partial charge in [-0.15, -0.1) is 31.4 Å². The number of piperazine rings is 1. The molecule has 0 spiro atoms. The molecule has 1 aromatic carbocycles. The SMILES string of the molecule is C=C[C@H](c1cc(OC)ccc1Br)N1CCNCC1.Cl.Cl. The van der Waals surface area contributed by atoms with E-state index in [1.165, 1.54) is 5.56 Å². The van der Waals surface area contributed by atoms with Crippen LogP contribution in [0.2, 0.25) is 0 Å². The molecule has 1 aliphatic heterocycles. The average Bonchev–Trinajstić information content (AvgIpc) is 2.43. The molecular formula is C14H21BrCl2N2O. The van der Waals surface area contributed by atoms with Crippen molar-refractivity contribution in [3.8, 4) is 5.75 Å². The zero-order chi connectivity index (χ0) is 13.0. The molecule has 0 bridgehead atoms. The van der Waals surface area contributed by atoms with Gasteiger partial charge in [0, 0.05) is 30.7 Å². The van der Waals surface area contributed by atoms with Crippen LogP contribution < -0.4 is 10.1 Å². The molecule has 1 aromatic rings. The topological polar surface area (TPSA) is 24.5 Å². The van der Waals surface area contributed by atoms with Gasteiger partial charge in [0.05, 0.1) is 13.2 Å². The zero-order valence-corrected chi connectivity index (χ0v) is 14.7. The van der Waals surface area contributed by atoms with Gasteiger partial charge >= 0.3 is 0 Å². The monoisotopic (exact) mass is 382 g/mol. The van der Waals surface area contributed by atoms with E-state index in [1.807, 2.05) is 18.2 Å². The summed E-state index contributed by atoms with van der Waals surface area (Å²) in [6.45, 7) is 8.14. The molecular weight excluding hydrogens is 363 g/mol. The minimum Gasteiger partial charge on any atom is -0.497 e. The van der Waals surface area contributed by atoms with Crippen LogP contribution in [0, 0.1) is 0 Å². The van der Waals surface area contributed by atoms with Crippen molar-refractivity contribution >= 4 is 40.7 Å². The molecule has 20 heavy (non-hydrogen) atoms. The van der Waals surface area contributed by atoms with Crippen molar-refractivity contribution in [2.75, 3.05) is 33.3 Å². The van der Waals surface area contributed by atoms with E-state index in [0.717, 1.165) is 36.4 Å². The molecule has 1 aliphatic rings. The standard InChI is InChI=1S/C14H19BrN2O.2ClH/c1-3-14(17-8-6-16-7-9-17)12-10-11(18-2)4-5-13(12)15;;/h3-5,10,14,16H,1,6-9H2,2H3;2*1H/t14-;;/m1../s1. The van der Waals surface area contributed by atoms with Crippen molar-refractivity contribution in [2.24, 2.45) is 0 Å². The van der Waals surface area contributed by atoms with Gasteiger partial charge in [-0.3, -0.25) is 4.90 Å². The van der Waals surface area contributed by atoms with Crippen LogP contribution in [0.3, 0.4) is 0 Å². The second kappa shape index (κ2) is 9.64. The second-order valence-corrected chi connectivity index (χ2v) is 5.21. The summed E-state index contributed by atoms with van der Waals surface area (Å²) in [5.41, 5.74) is 1.21. The smallest absolute Gasteiger partial charge is 0.119 e. The largest absolute Gasteiger partial charge is 0.497 e. The number of nitrogens with zero attached hydrogens (tertiary/aromatic N) is 1. The van der Waals surface area contributed by atoms with E-state index in [1.54, 1.807) is 7.11 Å². The Morgan fingerprint density at radius 2 is 2.00 bits per heavy atom. The lowest BCUT2D eigenvalue weighted by Crippen LogP contribution is -2.44. The molecule has 0 amide bonds. The lowest BCUT2D eigenvalue weighted by molar-refractivity contribution is 0.203. The van der Waals surface area contributed by atoms with Crippen LogP contribution in [0.15, 0.2) is 35.3 Å². The summed E-state index contributed by atoms with van der Waals surface area (Å²) in [5.74, 6) is 0.884. The Morgan fingerprint density at radius 1 is 1.35 bits per heavy atom. The van der Waals surface area contributed by atoms with Gasteiger partial charge in [-0.1, -0.05) is 22.0 Å². The third kappa shape index (κ3) is 4.64. The van der Waals surface area contributed by atoms with E-state index >= 15 is 0 Å². The Kier molecular flexibility index (Phi) is 9.51. The molecule has 6 heteroatoms. The summed E-state index contributed by atoms with van der Waals surface area (Å²) in [6.07, 6.45) is 2.00. The quantitative estimate of drug-likeness (QED) is 0.806. The maximum atomic E-state index is 5.31. The molecule has 2 rings (SSSR count). The van der Waals surface area contributed by atoms with Crippen molar-refractivity contribution in [2.45, 2.75) is 6.04 Å². The van der Waals surface area contributed by atoms with E-state index in [9.17, 15) is 0 Å². The lowest BCUT2D eigenvalue weighted by atomic mass is 10.0. The highest BCUT2D eigenvalue weighted by atomic mass is 79.9. The predicted molar refractivity (Wildman–Crippen MR) is 92.6 cm³/mol. The van der Waals surface area contributed by atoms with E-state index in [2.05, 4.69) is 38.8 Å². The fourth-order valence-corrected chi connectivity index (χ4v) is 2.79. The molecule has 0 aliphatic carbocycles. The lowest BCUT2D eigenvalue weighted by Gasteiger charge is -2.34. The van der Waals surface area contributed by atoms with Crippen LogP contribution >= 0.6 is 40.7 Å². The van der Waals surface area contributed by atoms with Gasteiger partial charge in [-0.05, 0) is 23.8 Å². The van der Waals surface area contributed by atoms with E-state index in [4.69, 9.17) is 4.74 Å². The molecule has 1 fully saturated rings. The maximum absolute atomic E-state index is 5.31. The molecule has 0 saturated carbocycles. The summed E-state index contributed by atoms with van der Waals surface area (Å²) >= 11 is 3.62. The first-order valence-electron chi connectivity index (χ1n) is 6.17. The average molecular weight is 384 g/mol. The fourth-order valence-electron chi connectivity index (χ4n) is 2.31. The van der Waals surface area contributed by atoms with Crippen molar-refractivity contribution in [3.63, 3.8) is 0 Å². The molecule has 1 N–H and O–H groups in total. The highest BCUT2D eigenvalue weighted by Gasteiger charge is 2.21. The van der Waals surface area contributed by atoms with Crippen molar-refractivity contribution in [3.05, 3.63) is 40.9 Å². The van der Waals surface area contributed by atoms with E-state index in [0.29, 0.717) is 0 Å². The highest BCUT2D eigenvalue weighted by molar-refractivity contribution is 9.10. The zero-order valence-electron chi connectivity index (χ0n) is 11.5. The van der Waals surface area contributed by atoms with Crippen LogP contribution in [0.25, 0.3) is 0 Å². The Hall–Kier alpha value is -0.260. The van der Waals surface area contributed by atoms with Crippen LogP contribution in [-0.2, 0) is 0 Å². The molecule has 0 radical (unpaired) electrons. The number of hydrogen-bond donors (Lipinski definition) is 1. The summed E-state index contributed by atoms with van der Waals surface area (Å²) in [7, 11) is 1.70. The maximum Gasteiger partial charge on any atom is 0.119 e. The number of ether oxygens (including phenoxy) is 1. The van der Waals surface area contributed by atoms with Gasteiger partial charge < -0.3 is 10.1 Å². The number of halogens is 3. The Balaban J connectivity index is 0.00000180. The minimum absolute atomic E-state index is 0. The number of rotatable bonds is 4. The second-order valence-electron chi connectivity index (χ2n) is 4.35. The number of methoxy groups -OCH3 is 1. The summed E-state index contributed by atoms with van der Waals surface area (Å²) < 4.78 is 6.41. The Morgan fingerprint density at radius 3 is 2.55 bits per heavy atom. The molecule has 114 valence electrons. The number of benzene rings is 1. The van der Waals surface area contributed by atoms with Crippen LogP contribution in [-0.4, -0.2) is 38.2 Å². The van der Waals surface area contributed by atoms with E-state index < -0.39 is 0 Å². The third-order valence-electron chi connectivity index (χ3n) is 3.29. The van der Waals surface area contributed by atoms with Gasteiger partial charge in [-0.2, -0.15) is 0 Å². The van der Waals surface area contributed by atoms with Crippen LogP contribution in [0.4, 0.5) is 0 Å². The third-order valence-corrected chi connectivity index (χ3v) is 4.01. The van der Waals surface area contributed by atoms with Crippen LogP contribution in [0.5, 0.6) is 5.75 Å². The van der Waals surface area contributed by atoms with Crippen molar-refractivity contribution in [1.29, 1.82) is 0 Å². The first-order valence-corrected chi connectivity index (χ1v) is 6.96. The number of nitrogens with one attached hydrogen (secondary N) is 1. The summed E-state index contributed by atoms with van der Waals surface area (Å²) in [5, 5.41) is 3.37. The Bertz CT molecular complexity index is 426. The predicted octanol–water partition coefficient (Wildman–Crippen LogP) is 3.43. The highest BCUT2D eigenvalue weighted by Crippen LogP contribution is 2.32. The van der Waals surface area contributed by atoms with Gasteiger partial charge in [0.25, 0.3) is 0 Å². The molecule has 1 heterocycles. The summed E-state index contributed by atoms with van der Waals surface area (Å²) in [4.78, 5) is 2.43. The van der Waals surface area contributed by atoms with Crippen LogP contribution in [0.1, 0.15) is 11.6 Å². The summed E-state index contributed by atoms with van der Waals surface area (Å²) in [6, 6.07) is 6.31. The molecule has 3 nitrogen and oxygen atoms in total. The molecule has 0 aromatic heterocycles. The normalized spacial score (nSPS) is 16.5.